The molecule has 0 bridgehead atoms. The minimum Gasteiger partial charge on any atom is -0.508 e. The number of hydrogen-bond acceptors (Lipinski definition) is 4. The van der Waals surface area contributed by atoms with Crippen LogP contribution in [0, 0.1) is 5.82 Å². The van der Waals surface area contributed by atoms with Crippen molar-refractivity contribution in [2.75, 3.05) is 0 Å². The van der Waals surface area contributed by atoms with E-state index in [9.17, 15) is 19.7 Å². The van der Waals surface area contributed by atoms with Crippen LogP contribution in [0.25, 0.3) is 27.8 Å². The van der Waals surface area contributed by atoms with Gasteiger partial charge in [-0.1, -0.05) is 12.1 Å². The number of phenols is 3. The maximum absolute atomic E-state index is 14.2. The van der Waals surface area contributed by atoms with Crippen molar-refractivity contribution in [3.05, 3.63) is 66.5 Å². The van der Waals surface area contributed by atoms with Gasteiger partial charge in [0, 0.05) is 23.1 Å². The highest BCUT2D eigenvalue weighted by Gasteiger charge is 2.18. The van der Waals surface area contributed by atoms with Gasteiger partial charge in [0.15, 0.2) is 0 Å². The van der Waals surface area contributed by atoms with Crippen LogP contribution in [0.3, 0.4) is 0 Å². The number of para-hydroxylation sites is 1. The Hall–Kier alpha value is -3.54. The topological polar surface area (TPSA) is 78.5 Å². The summed E-state index contributed by atoms with van der Waals surface area (Å²) >= 11 is 0. The number of aromatic nitrogens is 2. The molecule has 0 amide bonds. The largest absolute Gasteiger partial charge is 0.508 e. The van der Waals surface area contributed by atoms with Gasteiger partial charge in [0.05, 0.1) is 5.52 Å². The van der Waals surface area contributed by atoms with Gasteiger partial charge in [-0.05, 0) is 36.4 Å². The van der Waals surface area contributed by atoms with Gasteiger partial charge in [0.2, 0.25) is 0 Å². The van der Waals surface area contributed by atoms with Crippen LogP contribution in [-0.2, 0) is 0 Å². The van der Waals surface area contributed by atoms with E-state index in [-0.39, 0.29) is 22.9 Å². The average Bonchev–Trinajstić information content (AvgIpc) is 2.93. The number of benzene rings is 3. The summed E-state index contributed by atoms with van der Waals surface area (Å²) < 4.78 is 15.6. The van der Waals surface area contributed by atoms with Gasteiger partial charge in [-0.3, -0.25) is 0 Å². The Balaban J connectivity index is 2.06. The Bertz CT molecular complexity index is 1110. The summed E-state index contributed by atoms with van der Waals surface area (Å²) in [6, 6.07) is 15.0. The van der Waals surface area contributed by atoms with Crippen molar-refractivity contribution in [3.8, 4) is 34.2 Å². The molecule has 3 aromatic carbocycles. The molecule has 6 heteroatoms. The smallest absolute Gasteiger partial charge is 0.148 e. The number of halogens is 1. The highest BCUT2D eigenvalue weighted by molar-refractivity contribution is 5.96. The van der Waals surface area contributed by atoms with E-state index in [0.29, 0.717) is 22.2 Å². The molecule has 0 unspecified atom stereocenters. The Labute approximate surface area is 141 Å². The van der Waals surface area contributed by atoms with Gasteiger partial charge in [0.25, 0.3) is 0 Å². The fourth-order valence-electron chi connectivity index (χ4n) is 2.83. The molecule has 25 heavy (non-hydrogen) atoms. The number of phenolic OH excluding ortho intramolecular Hbond substituents is 3. The summed E-state index contributed by atoms with van der Waals surface area (Å²) in [7, 11) is 0. The molecule has 0 spiro atoms. The second-order valence-electron chi connectivity index (χ2n) is 5.61. The van der Waals surface area contributed by atoms with Gasteiger partial charge in [-0.2, -0.15) is 5.10 Å². The summed E-state index contributed by atoms with van der Waals surface area (Å²) in [4.78, 5) is 0. The van der Waals surface area contributed by atoms with E-state index in [2.05, 4.69) is 5.10 Å². The molecule has 0 fully saturated rings. The van der Waals surface area contributed by atoms with E-state index >= 15 is 0 Å². The molecular formula is C19H13FN2O3. The van der Waals surface area contributed by atoms with Crippen LogP contribution in [0.15, 0.2) is 60.7 Å². The molecule has 4 aromatic rings. The first kappa shape index (κ1) is 15.0. The van der Waals surface area contributed by atoms with E-state index in [0.717, 1.165) is 0 Å². The lowest BCUT2D eigenvalue weighted by Crippen LogP contribution is -1.99. The van der Waals surface area contributed by atoms with Crippen LogP contribution in [-0.4, -0.2) is 25.1 Å². The normalized spacial score (nSPS) is 11.1. The minimum absolute atomic E-state index is 0.0199. The molecule has 0 saturated carbocycles. The molecule has 0 aliphatic heterocycles. The zero-order valence-corrected chi connectivity index (χ0v) is 12.9. The maximum atomic E-state index is 14.2. The Morgan fingerprint density at radius 1 is 0.840 bits per heavy atom. The molecule has 4 rings (SSSR count). The molecule has 0 saturated heterocycles. The molecular weight excluding hydrogens is 323 g/mol. The number of nitrogens with zero attached hydrogens (tertiary/aromatic N) is 2. The second-order valence-corrected chi connectivity index (χ2v) is 5.61. The summed E-state index contributed by atoms with van der Waals surface area (Å²) in [5.41, 5.74) is 1.52. The van der Waals surface area contributed by atoms with Crippen LogP contribution in [0.2, 0.25) is 0 Å². The number of aromatic hydroxyl groups is 3. The Morgan fingerprint density at radius 3 is 2.32 bits per heavy atom. The third-order valence-corrected chi connectivity index (χ3v) is 3.98. The molecule has 1 aromatic heterocycles. The van der Waals surface area contributed by atoms with Crippen molar-refractivity contribution >= 4 is 10.9 Å². The van der Waals surface area contributed by atoms with Crippen molar-refractivity contribution in [2.24, 2.45) is 0 Å². The highest BCUT2D eigenvalue weighted by atomic mass is 19.1. The van der Waals surface area contributed by atoms with Crippen LogP contribution in [0.4, 0.5) is 4.39 Å². The molecule has 0 aliphatic carbocycles. The molecule has 0 radical (unpaired) electrons. The van der Waals surface area contributed by atoms with E-state index in [1.807, 2.05) is 0 Å². The number of fused-ring (bicyclic) bond motifs is 1. The molecule has 3 N–H and O–H groups in total. The van der Waals surface area contributed by atoms with Gasteiger partial charge < -0.3 is 15.3 Å². The van der Waals surface area contributed by atoms with Crippen molar-refractivity contribution in [2.45, 2.75) is 0 Å². The van der Waals surface area contributed by atoms with Gasteiger partial charge in [-0.25, -0.2) is 9.07 Å². The first-order valence-electron chi connectivity index (χ1n) is 7.53. The van der Waals surface area contributed by atoms with Gasteiger partial charge in [-0.15, -0.1) is 0 Å². The van der Waals surface area contributed by atoms with Crippen LogP contribution in [0.5, 0.6) is 17.2 Å². The highest BCUT2D eigenvalue weighted by Crippen LogP contribution is 2.37. The van der Waals surface area contributed by atoms with Crippen LogP contribution in [0.1, 0.15) is 0 Å². The third-order valence-electron chi connectivity index (χ3n) is 3.98. The van der Waals surface area contributed by atoms with Gasteiger partial charge in [0.1, 0.15) is 34.4 Å². The minimum atomic E-state index is -0.461. The molecule has 1 heterocycles. The summed E-state index contributed by atoms with van der Waals surface area (Å²) in [5.74, 6) is -0.659. The van der Waals surface area contributed by atoms with Crippen molar-refractivity contribution < 1.29 is 19.7 Å². The van der Waals surface area contributed by atoms with Crippen molar-refractivity contribution in [3.63, 3.8) is 0 Å². The van der Waals surface area contributed by atoms with Crippen molar-refractivity contribution in [1.29, 1.82) is 0 Å². The lowest BCUT2D eigenvalue weighted by atomic mass is 10.1. The fraction of sp³-hybridized carbons (Fsp3) is 0. The van der Waals surface area contributed by atoms with E-state index in [4.69, 9.17) is 0 Å². The molecule has 5 nitrogen and oxygen atoms in total. The predicted octanol–water partition coefficient (Wildman–Crippen LogP) is 3.95. The summed E-state index contributed by atoms with van der Waals surface area (Å²) in [6.45, 7) is 0. The summed E-state index contributed by atoms with van der Waals surface area (Å²) in [6.07, 6.45) is 0. The van der Waals surface area contributed by atoms with Crippen molar-refractivity contribution in [1.82, 2.24) is 9.78 Å². The average molecular weight is 336 g/mol. The van der Waals surface area contributed by atoms with Crippen LogP contribution < -0.4 is 0 Å². The second kappa shape index (κ2) is 5.52. The van der Waals surface area contributed by atoms with E-state index < -0.39 is 5.82 Å². The van der Waals surface area contributed by atoms with E-state index in [1.165, 1.54) is 41.1 Å². The molecule has 124 valence electrons. The zero-order valence-electron chi connectivity index (χ0n) is 12.9. The van der Waals surface area contributed by atoms with Gasteiger partial charge >= 0.3 is 0 Å². The Morgan fingerprint density at radius 2 is 1.56 bits per heavy atom. The first-order valence-corrected chi connectivity index (χ1v) is 7.53. The number of hydrogen-bond donors (Lipinski definition) is 3. The van der Waals surface area contributed by atoms with Crippen LogP contribution >= 0.6 is 0 Å². The quantitative estimate of drug-likeness (QED) is 0.518. The predicted molar refractivity (Wildman–Crippen MR) is 91.5 cm³/mol. The zero-order chi connectivity index (χ0) is 17.6. The standard InChI is InChI=1S/C19H13FN2O3/c20-15-3-1-2-4-16(15)22-17-9-11(23)5-7-13(17)19(21-22)14-8-6-12(24)10-18(14)25/h1-10,23-25H. The first-order chi connectivity index (χ1) is 12.0. The fourth-order valence-corrected chi connectivity index (χ4v) is 2.83. The summed E-state index contributed by atoms with van der Waals surface area (Å²) in [5, 5.41) is 34.5. The molecule has 0 atom stereocenters. The number of rotatable bonds is 2. The maximum Gasteiger partial charge on any atom is 0.148 e. The lowest BCUT2D eigenvalue weighted by Gasteiger charge is -2.04. The third kappa shape index (κ3) is 2.44. The SMILES string of the molecule is Oc1ccc(-c2nn(-c3ccccc3F)c3cc(O)ccc23)c(O)c1. The Kier molecular flexibility index (Phi) is 3.32. The monoisotopic (exact) mass is 336 g/mol. The molecule has 0 aliphatic rings. The van der Waals surface area contributed by atoms with E-state index in [1.54, 1.807) is 24.3 Å². The lowest BCUT2D eigenvalue weighted by molar-refractivity contribution is 0.451.